The van der Waals surface area contributed by atoms with Gasteiger partial charge >= 0.3 is 0 Å². The number of hydrogen-bond donors (Lipinski definition) is 1. The molecule has 3 heterocycles. The summed E-state index contributed by atoms with van der Waals surface area (Å²) in [7, 11) is 1.54. The fourth-order valence-electron chi connectivity index (χ4n) is 6.27. The SMILES string of the molecule is COc1cc2c(Oc3ccc(NC(=O)c4nn(-c5ccccc5F)c5cc(F)ccc5c4=O)cc3F)ccnc2cc1OCCCN1CCCCC1. The highest BCUT2D eigenvalue weighted by Gasteiger charge is 2.21. The first kappa shape index (κ1) is 34.5. The van der Waals surface area contributed by atoms with Crippen LogP contribution >= 0.6 is 0 Å². The van der Waals surface area contributed by atoms with Gasteiger partial charge in [0.2, 0.25) is 5.43 Å². The summed E-state index contributed by atoms with van der Waals surface area (Å²) in [4.78, 5) is 33.5. The van der Waals surface area contributed by atoms with Gasteiger partial charge in [-0.25, -0.2) is 17.9 Å². The molecule has 0 bridgehead atoms. The number of rotatable bonds is 11. The molecule has 10 nitrogen and oxygen atoms in total. The van der Waals surface area contributed by atoms with Gasteiger partial charge in [-0.15, -0.1) is 0 Å². The van der Waals surface area contributed by atoms with Crippen LogP contribution in [0.2, 0.25) is 0 Å². The summed E-state index contributed by atoms with van der Waals surface area (Å²) in [6, 6.07) is 17.6. The van der Waals surface area contributed by atoms with Crippen LogP contribution in [0.3, 0.4) is 0 Å². The van der Waals surface area contributed by atoms with E-state index in [2.05, 4.69) is 20.3 Å². The van der Waals surface area contributed by atoms with Crippen LogP contribution in [-0.4, -0.2) is 58.9 Å². The van der Waals surface area contributed by atoms with Crippen molar-refractivity contribution in [2.75, 3.05) is 38.7 Å². The number of hydrogen-bond acceptors (Lipinski definition) is 8. The number of likely N-dealkylation sites (tertiary alicyclic amines) is 1. The van der Waals surface area contributed by atoms with Crippen LogP contribution in [0.25, 0.3) is 27.5 Å². The zero-order chi connectivity index (χ0) is 36.2. The van der Waals surface area contributed by atoms with E-state index in [1.54, 1.807) is 18.2 Å². The van der Waals surface area contributed by atoms with E-state index in [1.165, 1.54) is 75.0 Å². The molecule has 4 aromatic carbocycles. The van der Waals surface area contributed by atoms with Gasteiger partial charge < -0.3 is 24.4 Å². The lowest BCUT2D eigenvalue weighted by Gasteiger charge is -2.26. The van der Waals surface area contributed by atoms with Crippen molar-refractivity contribution in [1.82, 2.24) is 19.7 Å². The molecular weight excluding hydrogens is 675 g/mol. The second-order valence-corrected chi connectivity index (χ2v) is 12.3. The molecule has 1 fully saturated rings. The van der Waals surface area contributed by atoms with Crippen LogP contribution in [0.1, 0.15) is 36.2 Å². The zero-order valence-electron chi connectivity index (χ0n) is 28.2. The second-order valence-electron chi connectivity index (χ2n) is 12.3. The van der Waals surface area contributed by atoms with Gasteiger partial charge in [0.25, 0.3) is 5.91 Å². The van der Waals surface area contributed by atoms with Crippen molar-refractivity contribution in [3.05, 3.63) is 118 Å². The summed E-state index contributed by atoms with van der Waals surface area (Å²) in [5.74, 6) is -2.00. The van der Waals surface area contributed by atoms with Gasteiger partial charge in [0, 0.05) is 42.0 Å². The maximum Gasteiger partial charge on any atom is 0.280 e. The number of piperidine rings is 1. The quantitative estimate of drug-likeness (QED) is 0.137. The molecule has 1 saturated heterocycles. The maximum absolute atomic E-state index is 15.5. The van der Waals surface area contributed by atoms with E-state index >= 15 is 4.39 Å². The van der Waals surface area contributed by atoms with E-state index in [4.69, 9.17) is 14.2 Å². The number of nitrogens with one attached hydrogen (secondary N) is 1. The van der Waals surface area contributed by atoms with Gasteiger partial charge in [0.15, 0.2) is 28.8 Å². The molecule has 52 heavy (non-hydrogen) atoms. The average molecular weight is 710 g/mol. The summed E-state index contributed by atoms with van der Waals surface area (Å²) in [5.41, 5.74) is -1.01. The highest BCUT2D eigenvalue weighted by Crippen LogP contribution is 2.38. The Labute approximate surface area is 296 Å². The fraction of sp³-hybridized carbons (Fsp3) is 0.231. The lowest BCUT2D eigenvalue weighted by molar-refractivity contribution is 0.102. The van der Waals surface area contributed by atoms with Crippen molar-refractivity contribution in [3.8, 4) is 28.7 Å². The highest BCUT2D eigenvalue weighted by atomic mass is 19.1. The van der Waals surface area contributed by atoms with Crippen LogP contribution in [0.4, 0.5) is 18.9 Å². The summed E-state index contributed by atoms with van der Waals surface area (Å²) in [5, 5.41) is 7.06. The van der Waals surface area contributed by atoms with Gasteiger partial charge in [-0.05, 0) is 80.9 Å². The number of carbonyl (C=O) groups excluding carboxylic acids is 1. The number of fused-ring (bicyclic) bond motifs is 2. The minimum atomic E-state index is -0.980. The van der Waals surface area contributed by atoms with Crippen LogP contribution in [-0.2, 0) is 0 Å². The minimum absolute atomic E-state index is 0.00368. The normalized spacial score (nSPS) is 13.3. The highest BCUT2D eigenvalue weighted by molar-refractivity contribution is 6.04. The molecule has 0 saturated carbocycles. The summed E-state index contributed by atoms with van der Waals surface area (Å²) in [6.07, 6.45) is 6.17. The van der Waals surface area contributed by atoms with Crippen molar-refractivity contribution in [2.24, 2.45) is 0 Å². The molecule has 13 heteroatoms. The molecule has 2 aromatic heterocycles. The smallest absolute Gasteiger partial charge is 0.280 e. The molecule has 1 aliphatic rings. The largest absolute Gasteiger partial charge is 0.493 e. The Morgan fingerprint density at radius 3 is 2.46 bits per heavy atom. The van der Waals surface area contributed by atoms with Crippen LogP contribution < -0.4 is 25.0 Å². The van der Waals surface area contributed by atoms with Crippen molar-refractivity contribution in [1.29, 1.82) is 0 Å². The number of methoxy groups -OCH3 is 1. The van der Waals surface area contributed by atoms with E-state index in [0.29, 0.717) is 34.8 Å². The summed E-state index contributed by atoms with van der Waals surface area (Å²) >= 11 is 0. The number of para-hydroxylation sites is 1. The Kier molecular flexibility index (Phi) is 10.0. The molecule has 1 N–H and O–H groups in total. The molecule has 266 valence electrons. The van der Waals surface area contributed by atoms with E-state index in [-0.39, 0.29) is 28.0 Å². The first-order valence-corrected chi connectivity index (χ1v) is 16.9. The van der Waals surface area contributed by atoms with Gasteiger partial charge in [-0.2, -0.15) is 5.10 Å². The number of carbonyl (C=O) groups is 1. The molecule has 0 unspecified atom stereocenters. The number of nitrogens with zero attached hydrogens (tertiary/aromatic N) is 4. The first-order valence-electron chi connectivity index (χ1n) is 16.9. The predicted molar refractivity (Wildman–Crippen MR) is 190 cm³/mol. The van der Waals surface area contributed by atoms with E-state index in [9.17, 15) is 18.4 Å². The lowest BCUT2D eigenvalue weighted by Crippen LogP contribution is -2.31. The van der Waals surface area contributed by atoms with Crippen LogP contribution in [0.5, 0.6) is 23.0 Å². The molecular formula is C39H34F3N5O5. The third kappa shape index (κ3) is 7.26. The zero-order valence-corrected chi connectivity index (χ0v) is 28.2. The van der Waals surface area contributed by atoms with Crippen LogP contribution in [0.15, 0.2) is 89.9 Å². The van der Waals surface area contributed by atoms with Crippen molar-refractivity contribution < 1.29 is 32.2 Å². The molecule has 1 amide bonds. The number of ether oxygens (including phenoxy) is 3. The molecule has 0 spiro atoms. The van der Waals surface area contributed by atoms with E-state index in [1.807, 2.05) is 0 Å². The number of halogens is 3. The van der Waals surface area contributed by atoms with Gasteiger partial charge in [0.1, 0.15) is 23.1 Å². The Hall–Kier alpha value is -5.95. The molecule has 7 rings (SSSR count). The number of amides is 1. The Bertz CT molecular complexity index is 2350. The summed E-state index contributed by atoms with van der Waals surface area (Å²) in [6.45, 7) is 3.73. The van der Waals surface area contributed by atoms with Crippen LogP contribution in [0, 0.1) is 17.5 Å². The lowest BCUT2D eigenvalue weighted by atomic mass is 10.1. The number of benzene rings is 4. The van der Waals surface area contributed by atoms with Crippen molar-refractivity contribution >= 4 is 33.4 Å². The van der Waals surface area contributed by atoms with E-state index < -0.39 is 34.5 Å². The van der Waals surface area contributed by atoms with E-state index in [0.717, 1.165) is 48.9 Å². The maximum atomic E-state index is 15.5. The third-order valence-electron chi connectivity index (χ3n) is 8.86. The molecule has 0 aliphatic carbocycles. The average Bonchev–Trinajstić information content (AvgIpc) is 3.15. The topological polar surface area (TPSA) is 108 Å². The number of pyridine rings is 1. The Morgan fingerprint density at radius 2 is 1.67 bits per heavy atom. The minimum Gasteiger partial charge on any atom is -0.493 e. The van der Waals surface area contributed by atoms with Gasteiger partial charge in [-0.1, -0.05) is 18.6 Å². The predicted octanol–water partition coefficient (Wildman–Crippen LogP) is 7.66. The Morgan fingerprint density at radius 1 is 0.846 bits per heavy atom. The number of aromatic nitrogens is 3. The van der Waals surface area contributed by atoms with Crippen molar-refractivity contribution in [3.63, 3.8) is 0 Å². The standard InChI is InChI=1S/C39H34F3N5O5/c1-50-35-22-27-30(23-36(35)51-19-7-18-46-16-5-2-6-17-46)43-15-14-33(27)52-34-13-11-25(21-29(34)42)44-39(49)37-38(48)26-12-10-24(40)20-32(26)47(45-37)31-9-4-3-8-28(31)41/h3-4,8-15,20-23H,2,5-7,16-19H2,1H3,(H,44,49). The molecule has 0 atom stereocenters. The number of anilines is 1. The Balaban J connectivity index is 1.09. The second kappa shape index (κ2) is 15.1. The molecule has 1 aliphatic heterocycles. The monoisotopic (exact) mass is 709 g/mol. The molecule has 6 aromatic rings. The van der Waals surface area contributed by atoms with Gasteiger partial charge in [-0.3, -0.25) is 14.6 Å². The van der Waals surface area contributed by atoms with Gasteiger partial charge in [0.05, 0.1) is 30.1 Å². The fourth-order valence-corrected chi connectivity index (χ4v) is 6.27. The van der Waals surface area contributed by atoms with Crippen molar-refractivity contribution in [2.45, 2.75) is 25.7 Å². The summed E-state index contributed by atoms with van der Waals surface area (Å²) < 4.78 is 63.0. The molecule has 0 radical (unpaired) electrons. The third-order valence-corrected chi connectivity index (χ3v) is 8.86. The first-order chi connectivity index (χ1) is 25.3.